The fraction of sp³-hybridized carbons (Fsp3) is 0.917. The van der Waals surface area contributed by atoms with Gasteiger partial charge in [0.1, 0.15) is 0 Å². The molecule has 17 heavy (non-hydrogen) atoms. The summed E-state index contributed by atoms with van der Waals surface area (Å²) in [7, 11) is 0. The Labute approximate surface area is 102 Å². The third-order valence-corrected chi connectivity index (χ3v) is 3.43. The number of carbonyl (C=O) groups excluding carboxylic acids is 1. The van der Waals surface area contributed by atoms with E-state index in [0.29, 0.717) is 32.2 Å². The summed E-state index contributed by atoms with van der Waals surface area (Å²) < 4.78 is 5.22. The number of morpholine rings is 1. The molecule has 5 nitrogen and oxygen atoms in total. The number of aliphatic hydroxyl groups excluding tert-OH is 1. The van der Waals surface area contributed by atoms with Crippen LogP contribution in [0.2, 0.25) is 0 Å². The van der Waals surface area contributed by atoms with Crippen LogP contribution in [0.15, 0.2) is 0 Å². The van der Waals surface area contributed by atoms with Crippen LogP contribution in [0, 0.1) is 0 Å². The van der Waals surface area contributed by atoms with Crippen molar-refractivity contribution in [2.75, 3.05) is 46.0 Å². The number of carbonyl (C=O) groups is 1. The molecule has 0 aromatic carbocycles. The van der Waals surface area contributed by atoms with Crippen molar-refractivity contribution in [2.24, 2.45) is 0 Å². The van der Waals surface area contributed by atoms with Crippen molar-refractivity contribution < 1.29 is 14.6 Å². The topological polar surface area (TPSA) is 53.0 Å². The Morgan fingerprint density at radius 1 is 1.29 bits per heavy atom. The number of aliphatic hydroxyl groups is 1. The van der Waals surface area contributed by atoms with Crippen molar-refractivity contribution in [1.82, 2.24) is 9.80 Å². The molecule has 2 rings (SSSR count). The minimum atomic E-state index is 0.183. The largest absolute Gasteiger partial charge is 0.395 e. The zero-order chi connectivity index (χ0) is 12.1. The SMILES string of the molecule is O=C(CCN(CCO)C1CC1)N1CCOCC1. The molecule has 2 fully saturated rings. The molecule has 1 saturated carbocycles. The van der Waals surface area contributed by atoms with Crippen LogP contribution in [0.5, 0.6) is 0 Å². The Hall–Kier alpha value is -0.650. The maximum Gasteiger partial charge on any atom is 0.224 e. The van der Waals surface area contributed by atoms with Crippen molar-refractivity contribution in [3.05, 3.63) is 0 Å². The number of ether oxygens (including phenoxy) is 1. The molecule has 1 heterocycles. The van der Waals surface area contributed by atoms with E-state index in [4.69, 9.17) is 9.84 Å². The third-order valence-electron chi connectivity index (χ3n) is 3.43. The molecule has 0 bridgehead atoms. The van der Waals surface area contributed by atoms with Crippen molar-refractivity contribution in [3.8, 4) is 0 Å². The van der Waals surface area contributed by atoms with E-state index in [0.717, 1.165) is 19.6 Å². The quantitative estimate of drug-likeness (QED) is 0.694. The van der Waals surface area contributed by atoms with Gasteiger partial charge in [-0.2, -0.15) is 0 Å². The Morgan fingerprint density at radius 3 is 2.59 bits per heavy atom. The summed E-state index contributed by atoms with van der Waals surface area (Å²) >= 11 is 0. The first kappa shape index (κ1) is 12.8. The lowest BCUT2D eigenvalue weighted by molar-refractivity contribution is -0.135. The van der Waals surface area contributed by atoms with E-state index in [-0.39, 0.29) is 12.5 Å². The highest BCUT2D eigenvalue weighted by Crippen LogP contribution is 2.26. The average molecular weight is 242 g/mol. The predicted octanol–water partition coefficient (Wildman–Crippen LogP) is -0.308. The zero-order valence-corrected chi connectivity index (χ0v) is 10.3. The second kappa shape index (κ2) is 6.33. The van der Waals surface area contributed by atoms with Gasteiger partial charge in [0.15, 0.2) is 0 Å². The highest BCUT2D eigenvalue weighted by molar-refractivity contribution is 5.76. The number of hydrogen-bond donors (Lipinski definition) is 1. The number of rotatable bonds is 6. The van der Waals surface area contributed by atoms with Gasteiger partial charge >= 0.3 is 0 Å². The fourth-order valence-corrected chi connectivity index (χ4v) is 2.26. The van der Waals surface area contributed by atoms with E-state index >= 15 is 0 Å². The Morgan fingerprint density at radius 2 is 2.00 bits per heavy atom. The molecule has 0 spiro atoms. The predicted molar refractivity (Wildman–Crippen MR) is 63.7 cm³/mol. The van der Waals surface area contributed by atoms with Crippen LogP contribution in [-0.2, 0) is 9.53 Å². The molecule has 0 unspecified atom stereocenters. The first-order valence-electron chi connectivity index (χ1n) is 6.51. The molecule has 0 radical (unpaired) electrons. The molecule has 1 saturated heterocycles. The summed E-state index contributed by atoms with van der Waals surface area (Å²) in [5.41, 5.74) is 0. The monoisotopic (exact) mass is 242 g/mol. The van der Waals surface area contributed by atoms with Crippen LogP contribution in [0.1, 0.15) is 19.3 Å². The van der Waals surface area contributed by atoms with Gasteiger partial charge in [0.05, 0.1) is 19.8 Å². The molecule has 1 N–H and O–H groups in total. The maximum absolute atomic E-state index is 11.9. The highest BCUT2D eigenvalue weighted by Gasteiger charge is 2.29. The standard InChI is InChI=1S/C12H22N2O3/c15-8-5-13(11-1-2-11)4-3-12(16)14-6-9-17-10-7-14/h11,15H,1-10H2. The van der Waals surface area contributed by atoms with Gasteiger partial charge in [0.2, 0.25) is 5.91 Å². The number of amides is 1. The summed E-state index contributed by atoms with van der Waals surface area (Å²) in [4.78, 5) is 16.0. The van der Waals surface area contributed by atoms with Gasteiger partial charge in [0.25, 0.3) is 0 Å². The molecular formula is C12H22N2O3. The van der Waals surface area contributed by atoms with Crippen molar-refractivity contribution in [2.45, 2.75) is 25.3 Å². The lowest BCUT2D eigenvalue weighted by atomic mass is 10.3. The van der Waals surface area contributed by atoms with Gasteiger partial charge in [-0.1, -0.05) is 0 Å². The van der Waals surface area contributed by atoms with Crippen LogP contribution in [0.25, 0.3) is 0 Å². The number of nitrogens with zero attached hydrogens (tertiary/aromatic N) is 2. The van der Waals surface area contributed by atoms with E-state index in [2.05, 4.69) is 4.90 Å². The van der Waals surface area contributed by atoms with Crippen molar-refractivity contribution >= 4 is 5.91 Å². The first-order chi connectivity index (χ1) is 8.31. The summed E-state index contributed by atoms with van der Waals surface area (Å²) in [5, 5.41) is 8.97. The van der Waals surface area contributed by atoms with E-state index in [1.807, 2.05) is 4.90 Å². The minimum Gasteiger partial charge on any atom is -0.395 e. The number of hydrogen-bond acceptors (Lipinski definition) is 4. The van der Waals surface area contributed by atoms with Gasteiger partial charge in [0, 0.05) is 38.6 Å². The first-order valence-corrected chi connectivity index (χ1v) is 6.51. The summed E-state index contributed by atoms with van der Waals surface area (Å²) in [6.07, 6.45) is 2.99. The second-order valence-corrected chi connectivity index (χ2v) is 4.73. The summed E-state index contributed by atoms with van der Waals surface area (Å²) in [6.45, 7) is 4.43. The van der Waals surface area contributed by atoms with Crippen LogP contribution in [-0.4, -0.2) is 72.9 Å². The Kier molecular flexibility index (Phi) is 4.76. The third kappa shape index (κ3) is 3.94. The Bertz CT molecular complexity index is 250. The van der Waals surface area contributed by atoms with Crippen LogP contribution >= 0.6 is 0 Å². The zero-order valence-electron chi connectivity index (χ0n) is 10.3. The van der Waals surface area contributed by atoms with E-state index in [1.165, 1.54) is 12.8 Å². The van der Waals surface area contributed by atoms with Gasteiger partial charge in [-0.25, -0.2) is 0 Å². The molecule has 0 aromatic rings. The van der Waals surface area contributed by atoms with Gasteiger partial charge in [-0.3, -0.25) is 9.69 Å². The summed E-state index contributed by atoms with van der Waals surface area (Å²) in [5.74, 6) is 0.219. The highest BCUT2D eigenvalue weighted by atomic mass is 16.5. The van der Waals surface area contributed by atoms with Crippen LogP contribution < -0.4 is 0 Å². The van der Waals surface area contributed by atoms with Gasteiger partial charge in [-0.15, -0.1) is 0 Å². The normalized spacial score (nSPS) is 20.9. The lowest BCUT2D eigenvalue weighted by Gasteiger charge is -2.28. The summed E-state index contributed by atoms with van der Waals surface area (Å²) in [6, 6.07) is 0.611. The Balaban J connectivity index is 1.69. The van der Waals surface area contributed by atoms with E-state index in [9.17, 15) is 4.79 Å². The minimum absolute atomic E-state index is 0.183. The lowest BCUT2D eigenvalue weighted by Crippen LogP contribution is -2.42. The smallest absolute Gasteiger partial charge is 0.224 e. The van der Waals surface area contributed by atoms with Crippen molar-refractivity contribution in [1.29, 1.82) is 0 Å². The molecular weight excluding hydrogens is 220 g/mol. The van der Waals surface area contributed by atoms with E-state index in [1.54, 1.807) is 0 Å². The molecule has 0 atom stereocenters. The molecule has 2 aliphatic rings. The molecule has 1 aliphatic heterocycles. The fourth-order valence-electron chi connectivity index (χ4n) is 2.26. The van der Waals surface area contributed by atoms with Gasteiger partial charge in [-0.05, 0) is 12.8 Å². The molecule has 0 aromatic heterocycles. The van der Waals surface area contributed by atoms with Crippen LogP contribution in [0.4, 0.5) is 0 Å². The van der Waals surface area contributed by atoms with E-state index < -0.39 is 0 Å². The molecule has 98 valence electrons. The van der Waals surface area contributed by atoms with Crippen molar-refractivity contribution in [3.63, 3.8) is 0 Å². The molecule has 1 aliphatic carbocycles. The van der Waals surface area contributed by atoms with Gasteiger partial charge < -0.3 is 14.7 Å². The molecule has 1 amide bonds. The average Bonchev–Trinajstić information content (AvgIpc) is 3.19. The van der Waals surface area contributed by atoms with Crippen LogP contribution in [0.3, 0.4) is 0 Å². The maximum atomic E-state index is 11.9. The molecule has 5 heteroatoms. The second-order valence-electron chi connectivity index (χ2n) is 4.73.